The molecule has 2 N–H and O–H groups in total. The van der Waals surface area contributed by atoms with Crippen molar-refractivity contribution in [1.29, 1.82) is 0 Å². The Labute approximate surface area is 170 Å². The third-order valence-corrected chi connectivity index (χ3v) is 4.85. The number of aromatic nitrogens is 1. The second-order valence-corrected chi connectivity index (χ2v) is 7.83. The van der Waals surface area contributed by atoms with Gasteiger partial charge in [0.05, 0.1) is 6.10 Å². The van der Waals surface area contributed by atoms with Gasteiger partial charge in [0.2, 0.25) is 17.6 Å². The molecule has 29 heavy (non-hydrogen) atoms. The summed E-state index contributed by atoms with van der Waals surface area (Å²) < 4.78 is 11.4. The number of hydrogen-bond donors (Lipinski definition) is 2. The lowest BCUT2D eigenvalue weighted by Gasteiger charge is -2.12. The van der Waals surface area contributed by atoms with E-state index in [0.29, 0.717) is 18.2 Å². The molecule has 0 spiro atoms. The molecule has 1 saturated heterocycles. The Morgan fingerprint density at radius 3 is 2.69 bits per heavy atom. The Balaban J connectivity index is 1.34. The first kappa shape index (κ1) is 19.5. The number of nitrogens with zero attached hydrogens (tertiary/aromatic N) is 1. The van der Waals surface area contributed by atoms with Crippen molar-refractivity contribution >= 4 is 11.1 Å². The molecule has 2 heterocycles. The van der Waals surface area contributed by atoms with Crippen molar-refractivity contribution in [1.82, 2.24) is 10.5 Å². The smallest absolute Gasteiger partial charge is 0.230 e. The average molecular weight is 394 g/mol. The molecule has 4 rings (SSSR count). The van der Waals surface area contributed by atoms with E-state index in [0.717, 1.165) is 40.6 Å². The fraction of sp³-hybridized carbons (Fsp3) is 0.348. The van der Waals surface area contributed by atoms with Gasteiger partial charge in [0.25, 0.3) is 0 Å². The third kappa shape index (κ3) is 4.60. The lowest BCUT2D eigenvalue weighted by Crippen LogP contribution is -2.20. The summed E-state index contributed by atoms with van der Waals surface area (Å²) in [7, 11) is 0. The molecule has 0 saturated carbocycles. The Bertz CT molecular complexity index is 1020. The van der Waals surface area contributed by atoms with Crippen LogP contribution in [0.1, 0.15) is 50.3 Å². The summed E-state index contributed by atoms with van der Waals surface area (Å²) in [5, 5.41) is 10.5. The van der Waals surface area contributed by atoms with Crippen LogP contribution in [-0.4, -0.2) is 15.9 Å². The van der Waals surface area contributed by atoms with Crippen molar-refractivity contribution in [2.45, 2.75) is 51.9 Å². The molecule has 0 amide bonds. The van der Waals surface area contributed by atoms with E-state index in [2.05, 4.69) is 10.5 Å². The maximum atomic E-state index is 10.5. The van der Waals surface area contributed by atoms with Gasteiger partial charge in [0.15, 0.2) is 5.58 Å². The molecule has 6 nitrogen and oxygen atoms in total. The number of nitrogens with one attached hydrogen (secondary N) is 1. The Morgan fingerprint density at radius 1 is 1.17 bits per heavy atom. The van der Waals surface area contributed by atoms with Gasteiger partial charge in [-0.1, -0.05) is 18.2 Å². The normalized spacial score (nSPS) is 18.0. The van der Waals surface area contributed by atoms with Gasteiger partial charge in [0, 0.05) is 19.4 Å². The van der Waals surface area contributed by atoms with Crippen molar-refractivity contribution in [3.8, 4) is 11.5 Å². The summed E-state index contributed by atoms with van der Waals surface area (Å²) in [5.74, 6) is 0.579. The first-order valence-electron chi connectivity index (χ1n) is 9.88. The summed E-state index contributed by atoms with van der Waals surface area (Å²) in [6, 6.07) is 13.7. The predicted octanol–water partition coefficient (Wildman–Crippen LogP) is 5.14. The van der Waals surface area contributed by atoms with Crippen molar-refractivity contribution in [2.75, 3.05) is 0 Å². The number of rotatable bonds is 6. The van der Waals surface area contributed by atoms with Gasteiger partial charge < -0.3 is 14.3 Å². The average Bonchev–Trinajstić information content (AvgIpc) is 3.27. The molecule has 0 bridgehead atoms. The van der Waals surface area contributed by atoms with Crippen LogP contribution in [0.25, 0.3) is 22.6 Å². The largest absolute Gasteiger partial charge is 0.444 e. The topological polar surface area (TPSA) is 76.8 Å². The number of allylic oxidation sites excluding steroid dienone is 1. The van der Waals surface area contributed by atoms with E-state index in [9.17, 15) is 5.11 Å². The van der Waals surface area contributed by atoms with Crippen molar-refractivity contribution in [2.24, 2.45) is 0 Å². The molecule has 0 radical (unpaired) electrons. The van der Waals surface area contributed by atoms with Gasteiger partial charge in [-0.3, -0.25) is 0 Å². The fourth-order valence-electron chi connectivity index (χ4n) is 3.28. The van der Waals surface area contributed by atoms with Gasteiger partial charge in [-0.25, -0.2) is 15.3 Å². The molecule has 2 aromatic carbocycles. The summed E-state index contributed by atoms with van der Waals surface area (Å²) in [6.07, 6.45) is 3.72. The van der Waals surface area contributed by atoms with Crippen LogP contribution in [0.4, 0.5) is 0 Å². The van der Waals surface area contributed by atoms with Gasteiger partial charge >= 0.3 is 0 Å². The predicted molar refractivity (Wildman–Crippen MR) is 110 cm³/mol. The lowest BCUT2D eigenvalue weighted by atomic mass is 10.0. The Hall–Kier alpha value is -2.83. The molecular weight excluding hydrogens is 368 g/mol. The number of benzene rings is 2. The number of unbranched alkanes of at least 4 members (excludes halogenated alkanes) is 1. The number of aliphatic hydroxyl groups is 1. The van der Waals surface area contributed by atoms with Gasteiger partial charge in [0.1, 0.15) is 5.52 Å². The standard InChI is InChI=1S/C23H26N2O4/c1-15-8-13-20-18(14-15)24-22(27-20)17-11-9-16(10-12-17)19(26)6-4-5-7-21-25-29-23(2,3)28-21/h7-14,19,25-26H,4-6H2,1-3H3. The molecule has 1 aromatic heterocycles. The fourth-order valence-corrected chi connectivity index (χ4v) is 3.28. The number of oxazole rings is 1. The van der Waals surface area contributed by atoms with Crippen LogP contribution in [0.5, 0.6) is 0 Å². The number of hydrogen-bond acceptors (Lipinski definition) is 6. The van der Waals surface area contributed by atoms with Crippen LogP contribution in [0, 0.1) is 6.92 Å². The van der Waals surface area contributed by atoms with Crippen LogP contribution >= 0.6 is 0 Å². The summed E-state index contributed by atoms with van der Waals surface area (Å²) >= 11 is 0. The third-order valence-electron chi connectivity index (χ3n) is 4.85. The molecule has 1 unspecified atom stereocenters. The van der Waals surface area contributed by atoms with Crippen LogP contribution in [-0.2, 0) is 9.57 Å². The molecule has 152 valence electrons. The van der Waals surface area contributed by atoms with E-state index in [4.69, 9.17) is 14.0 Å². The lowest BCUT2D eigenvalue weighted by molar-refractivity contribution is -0.139. The van der Waals surface area contributed by atoms with E-state index < -0.39 is 11.9 Å². The van der Waals surface area contributed by atoms with E-state index in [1.165, 1.54) is 0 Å². The zero-order valence-electron chi connectivity index (χ0n) is 16.9. The maximum Gasteiger partial charge on any atom is 0.230 e. The molecule has 1 aliphatic heterocycles. The molecular formula is C23H26N2O4. The quantitative estimate of drug-likeness (QED) is 0.564. The summed E-state index contributed by atoms with van der Waals surface area (Å²) in [4.78, 5) is 9.83. The minimum Gasteiger partial charge on any atom is -0.444 e. The highest BCUT2D eigenvalue weighted by molar-refractivity contribution is 5.76. The first-order valence-corrected chi connectivity index (χ1v) is 9.88. The molecule has 1 fully saturated rings. The molecule has 6 heteroatoms. The molecule has 3 aromatic rings. The molecule has 1 aliphatic rings. The number of hydroxylamine groups is 1. The maximum absolute atomic E-state index is 10.5. The van der Waals surface area contributed by atoms with E-state index in [1.54, 1.807) is 0 Å². The molecule has 0 aliphatic carbocycles. The Morgan fingerprint density at radius 2 is 1.97 bits per heavy atom. The van der Waals surface area contributed by atoms with Crippen LogP contribution in [0.2, 0.25) is 0 Å². The van der Waals surface area contributed by atoms with Crippen LogP contribution < -0.4 is 5.48 Å². The highest BCUT2D eigenvalue weighted by Gasteiger charge is 2.29. The highest BCUT2D eigenvalue weighted by atomic mass is 16.8. The first-order chi connectivity index (χ1) is 13.9. The van der Waals surface area contributed by atoms with E-state index in [1.807, 2.05) is 69.3 Å². The van der Waals surface area contributed by atoms with Gasteiger partial charge in [-0.2, -0.15) is 0 Å². The zero-order chi connectivity index (χ0) is 20.4. The van der Waals surface area contributed by atoms with Crippen molar-refractivity contribution < 1.29 is 19.1 Å². The molecule has 1 atom stereocenters. The van der Waals surface area contributed by atoms with Crippen molar-refractivity contribution in [3.63, 3.8) is 0 Å². The van der Waals surface area contributed by atoms with Crippen molar-refractivity contribution in [3.05, 3.63) is 65.6 Å². The monoisotopic (exact) mass is 394 g/mol. The number of fused-ring (bicyclic) bond motifs is 1. The van der Waals surface area contributed by atoms with Crippen LogP contribution in [0.3, 0.4) is 0 Å². The second kappa shape index (κ2) is 7.89. The van der Waals surface area contributed by atoms with Crippen LogP contribution in [0.15, 0.2) is 58.8 Å². The van der Waals surface area contributed by atoms with E-state index in [-0.39, 0.29) is 0 Å². The minimum absolute atomic E-state index is 0.515. The zero-order valence-corrected chi connectivity index (χ0v) is 16.9. The second-order valence-electron chi connectivity index (χ2n) is 7.83. The SMILES string of the molecule is Cc1ccc2oc(-c3ccc(C(O)CCCC=C4NOC(C)(C)O4)cc3)nc2c1. The Kier molecular flexibility index (Phi) is 5.30. The summed E-state index contributed by atoms with van der Waals surface area (Å²) in [5.41, 5.74) is 7.32. The minimum atomic E-state index is -0.638. The van der Waals surface area contributed by atoms with Gasteiger partial charge in [-0.05, 0) is 67.7 Å². The summed E-state index contributed by atoms with van der Waals surface area (Å²) in [6.45, 7) is 5.72. The van der Waals surface area contributed by atoms with E-state index >= 15 is 0 Å². The van der Waals surface area contributed by atoms with Gasteiger partial charge in [-0.15, -0.1) is 0 Å². The number of aryl methyl sites for hydroxylation is 1. The highest BCUT2D eigenvalue weighted by Crippen LogP contribution is 2.27. The number of ether oxygens (including phenoxy) is 1. The number of aliphatic hydroxyl groups excluding tert-OH is 1.